The topological polar surface area (TPSA) is 43.4 Å². The first-order valence-corrected chi connectivity index (χ1v) is 10.2. The molecule has 1 aliphatic heterocycles. The molecule has 2 heterocycles. The first-order chi connectivity index (χ1) is 14.1. The second-order valence-electron chi connectivity index (χ2n) is 7.76. The Morgan fingerprint density at radius 1 is 1.07 bits per heavy atom. The molecule has 1 fully saturated rings. The second kappa shape index (κ2) is 8.78. The van der Waals surface area contributed by atoms with E-state index < -0.39 is 0 Å². The van der Waals surface area contributed by atoms with E-state index in [1.807, 2.05) is 19.1 Å². The molecule has 1 N–H and O–H groups in total. The molecule has 1 aromatic heterocycles. The fourth-order valence-electron chi connectivity index (χ4n) is 4.00. The summed E-state index contributed by atoms with van der Waals surface area (Å²) >= 11 is 0. The predicted molar refractivity (Wildman–Crippen MR) is 113 cm³/mol. The molecule has 152 valence electrons. The SMILES string of the molecule is COc1cc2c(Oc3ccc(C)cc3F)ccnc2cc1CCC1CCNCC1. The molecule has 0 aliphatic carbocycles. The van der Waals surface area contributed by atoms with E-state index in [0.29, 0.717) is 5.75 Å². The van der Waals surface area contributed by atoms with Gasteiger partial charge in [-0.05, 0) is 93.1 Å². The number of piperidine rings is 1. The zero-order valence-electron chi connectivity index (χ0n) is 17.0. The van der Waals surface area contributed by atoms with Crippen molar-refractivity contribution in [1.82, 2.24) is 10.3 Å². The van der Waals surface area contributed by atoms with E-state index in [-0.39, 0.29) is 11.6 Å². The highest BCUT2D eigenvalue weighted by atomic mass is 19.1. The van der Waals surface area contributed by atoms with E-state index in [0.717, 1.165) is 59.6 Å². The summed E-state index contributed by atoms with van der Waals surface area (Å²) in [5, 5.41) is 4.23. The summed E-state index contributed by atoms with van der Waals surface area (Å²) in [6.07, 6.45) is 6.27. The molecule has 0 bridgehead atoms. The largest absolute Gasteiger partial charge is 0.496 e. The van der Waals surface area contributed by atoms with E-state index in [9.17, 15) is 4.39 Å². The van der Waals surface area contributed by atoms with Gasteiger partial charge < -0.3 is 14.8 Å². The summed E-state index contributed by atoms with van der Waals surface area (Å²) in [5.41, 5.74) is 2.84. The van der Waals surface area contributed by atoms with Crippen molar-refractivity contribution in [3.63, 3.8) is 0 Å². The van der Waals surface area contributed by atoms with Crippen LogP contribution in [0.5, 0.6) is 17.2 Å². The van der Waals surface area contributed by atoms with Crippen LogP contribution in [-0.4, -0.2) is 25.2 Å². The van der Waals surface area contributed by atoms with Crippen molar-refractivity contribution < 1.29 is 13.9 Å². The average molecular weight is 394 g/mol. The molecule has 2 aromatic carbocycles. The molecule has 0 unspecified atom stereocenters. The number of halogens is 1. The Bertz CT molecular complexity index is 1000. The maximum atomic E-state index is 14.3. The van der Waals surface area contributed by atoms with E-state index >= 15 is 0 Å². The van der Waals surface area contributed by atoms with Crippen LogP contribution in [-0.2, 0) is 6.42 Å². The van der Waals surface area contributed by atoms with E-state index in [1.54, 1.807) is 25.4 Å². The van der Waals surface area contributed by atoms with Crippen molar-refractivity contribution >= 4 is 10.9 Å². The fraction of sp³-hybridized carbons (Fsp3) is 0.375. The summed E-state index contributed by atoms with van der Waals surface area (Å²) in [4.78, 5) is 4.51. The first kappa shape index (κ1) is 19.6. The normalized spacial score (nSPS) is 14.9. The van der Waals surface area contributed by atoms with Crippen LogP contribution < -0.4 is 14.8 Å². The molecule has 4 rings (SSSR count). The van der Waals surface area contributed by atoms with Crippen LogP contribution >= 0.6 is 0 Å². The van der Waals surface area contributed by atoms with Crippen molar-refractivity contribution in [1.29, 1.82) is 0 Å². The van der Waals surface area contributed by atoms with Crippen molar-refractivity contribution in [2.24, 2.45) is 5.92 Å². The minimum Gasteiger partial charge on any atom is -0.496 e. The van der Waals surface area contributed by atoms with Crippen LogP contribution in [0.15, 0.2) is 42.6 Å². The van der Waals surface area contributed by atoms with Crippen LogP contribution in [0.2, 0.25) is 0 Å². The average Bonchev–Trinajstić information content (AvgIpc) is 2.74. The van der Waals surface area contributed by atoms with Crippen LogP contribution in [0.1, 0.15) is 30.4 Å². The molecular formula is C24H27FN2O2. The van der Waals surface area contributed by atoms with Crippen LogP contribution in [0, 0.1) is 18.7 Å². The number of pyridine rings is 1. The maximum Gasteiger partial charge on any atom is 0.165 e. The van der Waals surface area contributed by atoms with Crippen LogP contribution in [0.25, 0.3) is 10.9 Å². The van der Waals surface area contributed by atoms with Crippen LogP contribution in [0.3, 0.4) is 0 Å². The Hall–Kier alpha value is -2.66. The highest BCUT2D eigenvalue weighted by Gasteiger charge is 2.16. The van der Waals surface area contributed by atoms with E-state index in [4.69, 9.17) is 9.47 Å². The van der Waals surface area contributed by atoms with Gasteiger partial charge in [-0.25, -0.2) is 4.39 Å². The van der Waals surface area contributed by atoms with Gasteiger partial charge in [0.25, 0.3) is 0 Å². The number of fused-ring (bicyclic) bond motifs is 1. The fourth-order valence-corrected chi connectivity index (χ4v) is 4.00. The molecule has 1 aliphatic rings. The molecule has 5 heteroatoms. The molecule has 0 radical (unpaired) electrons. The maximum absolute atomic E-state index is 14.3. The van der Waals surface area contributed by atoms with Crippen molar-refractivity contribution in [2.45, 2.75) is 32.6 Å². The lowest BCUT2D eigenvalue weighted by molar-refractivity contribution is 0.351. The number of aryl methyl sites for hydroxylation is 2. The van der Waals surface area contributed by atoms with Gasteiger partial charge in [-0.15, -0.1) is 0 Å². The third-order valence-corrected chi connectivity index (χ3v) is 5.69. The number of ether oxygens (including phenoxy) is 2. The predicted octanol–water partition coefficient (Wildman–Crippen LogP) is 5.42. The zero-order chi connectivity index (χ0) is 20.2. The number of hydrogen-bond donors (Lipinski definition) is 1. The van der Waals surface area contributed by atoms with Crippen molar-refractivity contribution in [3.8, 4) is 17.2 Å². The van der Waals surface area contributed by atoms with Gasteiger partial charge in [0, 0.05) is 11.6 Å². The van der Waals surface area contributed by atoms with Gasteiger partial charge in [-0.2, -0.15) is 0 Å². The van der Waals surface area contributed by atoms with Gasteiger partial charge >= 0.3 is 0 Å². The van der Waals surface area contributed by atoms with Gasteiger partial charge in [-0.3, -0.25) is 4.98 Å². The molecule has 0 spiro atoms. The lowest BCUT2D eigenvalue weighted by atomic mass is 9.91. The standard InChI is InChI=1S/C24H27FN2O2/c1-16-3-6-23(20(25)13-16)29-22-9-12-27-21-14-18(24(28-2)15-19(21)22)5-4-17-7-10-26-11-8-17/h3,6,9,12-15,17,26H,4-5,7-8,10-11H2,1-2H3. The van der Waals surface area contributed by atoms with Gasteiger partial charge in [0.05, 0.1) is 12.6 Å². The van der Waals surface area contributed by atoms with Gasteiger partial charge in [0.1, 0.15) is 11.5 Å². The Morgan fingerprint density at radius 2 is 1.90 bits per heavy atom. The Kier molecular flexibility index (Phi) is 5.95. The Balaban J connectivity index is 1.62. The number of hydrogen-bond acceptors (Lipinski definition) is 4. The highest BCUT2D eigenvalue weighted by molar-refractivity contribution is 5.87. The lowest BCUT2D eigenvalue weighted by Crippen LogP contribution is -2.27. The molecule has 3 aromatic rings. The quantitative estimate of drug-likeness (QED) is 0.607. The number of aromatic nitrogens is 1. The smallest absolute Gasteiger partial charge is 0.165 e. The summed E-state index contributed by atoms with van der Waals surface area (Å²) in [6.45, 7) is 4.07. The molecule has 4 nitrogen and oxygen atoms in total. The van der Waals surface area contributed by atoms with Crippen LogP contribution in [0.4, 0.5) is 4.39 Å². The second-order valence-corrected chi connectivity index (χ2v) is 7.76. The number of benzene rings is 2. The van der Waals surface area contributed by atoms with E-state index in [1.165, 1.54) is 18.9 Å². The van der Waals surface area contributed by atoms with E-state index in [2.05, 4.69) is 16.4 Å². The molecule has 29 heavy (non-hydrogen) atoms. The summed E-state index contributed by atoms with van der Waals surface area (Å²) in [6, 6.07) is 10.8. The molecular weight excluding hydrogens is 367 g/mol. The first-order valence-electron chi connectivity index (χ1n) is 10.2. The van der Waals surface area contributed by atoms with Gasteiger partial charge in [0.2, 0.25) is 0 Å². The number of rotatable bonds is 6. The molecule has 1 saturated heterocycles. The summed E-state index contributed by atoms with van der Waals surface area (Å²) in [7, 11) is 1.69. The lowest BCUT2D eigenvalue weighted by Gasteiger charge is -2.23. The molecule has 0 atom stereocenters. The van der Waals surface area contributed by atoms with Crippen molar-refractivity contribution in [3.05, 3.63) is 59.5 Å². The molecule has 0 saturated carbocycles. The van der Waals surface area contributed by atoms with Gasteiger partial charge in [-0.1, -0.05) is 6.07 Å². The number of nitrogens with one attached hydrogen (secondary N) is 1. The Morgan fingerprint density at radius 3 is 2.66 bits per heavy atom. The summed E-state index contributed by atoms with van der Waals surface area (Å²) in [5.74, 6) is 1.98. The highest BCUT2D eigenvalue weighted by Crippen LogP contribution is 2.35. The third-order valence-electron chi connectivity index (χ3n) is 5.69. The number of nitrogens with zero attached hydrogens (tertiary/aromatic N) is 1. The minimum atomic E-state index is -0.375. The number of methoxy groups -OCH3 is 1. The van der Waals surface area contributed by atoms with Crippen molar-refractivity contribution in [2.75, 3.05) is 20.2 Å². The Labute approximate surface area is 171 Å². The molecule has 0 amide bonds. The summed E-state index contributed by atoms with van der Waals surface area (Å²) < 4.78 is 25.8. The zero-order valence-corrected chi connectivity index (χ0v) is 17.0. The van der Waals surface area contributed by atoms with Gasteiger partial charge in [0.15, 0.2) is 11.6 Å². The monoisotopic (exact) mass is 394 g/mol. The third kappa shape index (κ3) is 4.51. The minimum absolute atomic E-state index is 0.206.